The van der Waals surface area contributed by atoms with Crippen LogP contribution >= 0.6 is 0 Å². The van der Waals surface area contributed by atoms with Crippen molar-refractivity contribution in [3.8, 4) is 0 Å². The summed E-state index contributed by atoms with van der Waals surface area (Å²) in [5.41, 5.74) is 11.2. The van der Waals surface area contributed by atoms with Gasteiger partial charge in [-0.15, -0.1) is 0 Å². The number of nitrogens with two attached hydrogens (primary N) is 2. The molecule has 0 saturated carbocycles. The highest BCUT2D eigenvalue weighted by Gasteiger charge is 2.25. The fourth-order valence-electron chi connectivity index (χ4n) is 1.83. The van der Waals surface area contributed by atoms with Gasteiger partial charge in [-0.3, -0.25) is 5.32 Å². The van der Waals surface area contributed by atoms with E-state index in [-0.39, 0.29) is 5.54 Å². The van der Waals surface area contributed by atoms with Gasteiger partial charge in [0.2, 0.25) is 0 Å². The molecule has 0 aromatic heterocycles. The van der Waals surface area contributed by atoms with Crippen molar-refractivity contribution < 1.29 is 0 Å². The second kappa shape index (κ2) is 3.73. The zero-order valence-electron chi connectivity index (χ0n) is 8.94. The van der Waals surface area contributed by atoms with E-state index in [0.29, 0.717) is 5.41 Å². The Morgan fingerprint density at radius 1 is 1.08 bits per heavy atom. The van der Waals surface area contributed by atoms with Crippen molar-refractivity contribution in [2.75, 3.05) is 0 Å². The highest BCUT2D eigenvalue weighted by Crippen LogP contribution is 2.26. The third kappa shape index (κ3) is 6.58. The van der Waals surface area contributed by atoms with Crippen molar-refractivity contribution in [1.29, 1.82) is 0 Å². The van der Waals surface area contributed by atoms with Gasteiger partial charge in [0.05, 0.1) is 0 Å². The predicted octanol–water partition coefficient (Wildman–Crippen LogP) is 0.992. The Kier molecular flexibility index (Phi) is 3.69. The van der Waals surface area contributed by atoms with E-state index in [4.69, 9.17) is 11.5 Å². The van der Waals surface area contributed by atoms with Crippen molar-refractivity contribution in [3.05, 3.63) is 0 Å². The lowest BCUT2D eigenvalue weighted by molar-refractivity contribution is 0.225. The highest BCUT2D eigenvalue weighted by molar-refractivity contribution is 4.83. The average molecular weight is 173 g/mol. The van der Waals surface area contributed by atoms with Gasteiger partial charge < -0.3 is 11.5 Å². The molecule has 5 N–H and O–H groups in total. The number of nitrogens with one attached hydrogen (secondary N) is 1. The van der Waals surface area contributed by atoms with Gasteiger partial charge in [-0.1, -0.05) is 20.8 Å². The van der Waals surface area contributed by atoms with E-state index in [2.05, 4.69) is 39.9 Å². The van der Waals surface area contributed by atoms with Crippen LogP contribution in [0.1, 0.15) is 41.0 Å². The maximum Gasteiger partial charge on any atom is 0.107 e. The molecule has 0 amide bonds. The van der Waals surface area contributed by atoms with Crippen molar-refractivity contribution >= 4 is 0 Å². The fraction of sp³-hybridized carbons (Fsp3) is 1.00. The van der Waals surface area contributed by atoms with Crippen LogP contribution in [0.15, 0.2) is 0 Å². The first-order valence-electron chi connectivity index (χ1n) is 4.41. The summed E-state index contributed by atoms with van der Waals surface area (Å²) in [6, 6.07) is 0. The lowest BCUT2D eigenvalue weighted by atomic mass is 9.82. The molecule has 0 saturated heterocycles. The summed E-state index contributed by atoms with van der Waals surface area (Å²) in [7, 11) is 0. The summed E-state index contributed by atoms with van der Waals surface area (Å²) in [6.45, 7) is 10.9. The minimum Gasteiger partial charge on any atom is -0.304 e. The molecule has 74 valence electrons. The molecule has 0 aromatic carbocycles. The zero-order valence-corrected chi connectivity index (χ0v) is 8.94. The Morgan fingerprint density at radius 3 is 1.75 bits per heavy atom. The third-order valence-electron chi connectivity index (χ3n) is 1.53. The first-order chi connectivity index (χ1) is 5.12. The third-order valence-corrected chi connectivity index (χ3v) is 1.53. The smallest absolute Gasteiger partial charge is 0.107 e. The molecule has 0 radical (unpaired) electrons. The van der Waals surface area contributed by atoms with Gasteiger partial charge >= 0.3 is 0 Å². The van der Waals surface area contributed by atoms with Crippen LogP contribution in [0.4, 0.5) is 0 Å². The van der Waals surface area contributed by atoms with Crippen molar-refractivity contribution in [3.63, 3.8) is 0 Å². The van der Waals surface area contributed by atoms with Crippen molar-refractivity contribution in [2.24, 2.45) is 16.9 Å². The Bertz CT molecular complexity index is 133. The van der Waals surface area contributed by atoms with Crippen LogP contribution in [0.3, 0.4) is 0 Å². The quantitative estimate of drug-likeness (QED) is 0.558. The van der Waals surface area contributed by atoms with E-state index in [1.54, 1.807) is 0 Å². The van der Waals surface area contributed by atoms with Crippen molar-refractivity contribution in [2.45, 2.75) is 52.9 Å². The molecule has 0 aliphatic carbocycles. The molecule has 0 bridgehead atoms. The fourth-order valence-corrected chi connectivity index (χ4v) is 1.83. The molecule has 0 aliphatic heterocycles. The molecule has 0 heterocycles. The minimum absolute atomic E-state index is 0.00637. The number of hydrogen-bond acceptors (Lipinski definition) is 3. The monoisotopic (exact) mass is 173 g/mol. The summed E-state index contributed by atoms with van der Waals surface area (Å²) >= 11 is 0. The molecule has 12 heavy (non-hydrogen) atoms. The molecule has 0 aliphatic rings. The second-order valence-electron chi connectivity index (χ2n) is 5.29. The summed E-state index contributed by atoms with van der Waals surface area (Å²) < 4.78 is 0. The van der Waals surface area contributed by atoms with Gasteiger partial charge in [-0.2, -0.15) is 0 Å². The Balaban J connectivity index is 4.04. The van der Waals surface area contributed by atoms with Gasteiger partial charge in [0.25, 0.3) is 0 Å². The van der Waals surface area contributed by atoms with Crippen molar-refractivity contribution in [1.82, 2.24) is 5.32 Å². The first-order valence-corrected chi connectivity index (χ1v) is 4.41. The summed E-state index contributed by atoms with van der Waals surface area (Å²) in [5, 5.41) is 3.13. The van der Waals surface area contributed by atoms with Crippen LogP contribution in [0.2, 0.25) is 0 Å². The molecular weight excluding hydrogens is 150 g/mol. The van der Waals surface area contributed by atoms with Crippen LogP contribution in [-0.4, -0.2) is 11.8 Å². The largest absolute Gasteiger partial charge is 0.304 e. The average Bonchev–Trinajstić information content (AvgIpc) is 1.48. The molecule has 0 atom stereocenters. The Morgan fingerprint density at radius 2 is 1.50 bits per heavy atom. The molecule has 0 spiro atoms. The van der Waals surface area contributed by atoms with Gasteiger partial charge in [0.15, 0.2) is 0 Å². The SMILES string of the molecule is CC(C)(C)CC(C)(C)NC(N)N. The summed E-state index contributed by atoms with van der Waals surface area (Å²) in [6.07, 6.45) is 0.618. The zero-order chi connectivity index (χ0) is 9.99. The predicted molar refractivity (Wildman–Crippen MR) is 53.4 cm³/mol. The van der Waals surface area contributed by atoms with Gasteiger partial charge in [0, 0.05) is 5.54 Å². The van der Waals surface area contributed by atoms with E-state index in [1.165, 1.54) is 0 Å². The van der Waals surface area contributed by atoms with Crippen LogP contribution in [0.5, 0.6) is 0 Å². The van der Waals surface area contributed by atoms with E-state index in [9.17, 15) is 0 Å². The van der Waals surface area contributed by atoms with Gasteiger partial charge in [-0.25, -0.2) is 0 Å². The molecule has 3 heteroatoms. The maximum atomic E-state index is 5.46. The summed E-state index contributed by atoms with van der Waals surface area (Å²) in [4.78, 5) is 0. The van der Waals surface area contributed by atoms with E-state index >= 15 is 0 Å². The Hall–Kier alpha value is -0.120. The molecule has 3 nitrogen and oxygen atoms in total. The van der Waals surface area contributed by atoms with Gasteiger partial charge in [0.1, 0.15) is 6.29 Å². The lowest BCUT2D eigenvalue weighted by Crippen LogP contribution is -2.56. The second-order valence-corrected chi connectivity index (χ2v) is 5.29. The summed E-state index contributed by atoms with van der Waals surface area (Å²) in [5.74, 6) is 0. The number of rotatable bonds is 3. The first kappa shape index (κ1) is 11.9. The van der Waals surface area contributed by atoms with Crippen LogP contribution < -0.4 is 16.8 Å². The highest BCUT2D eigenvalue weighted by atomic mass is 15.2. The molecule has 0 fully saturated rings. The molecular formula is C9H23N3. The van der Waals surface area contributed by atoms with Crippen LogP contribution in [-0.2, 0) is 0 Å². The van der Waals surface area contributed by atoms with Gasteiger partial charge in [-0.05, 0) is 25.7 Å². The van der Waals surface area contributed by atoms with Crippen LogP contribution in [0.25, 0.3) is 0 Å². The Labute approximate surface area is 75.9 Å². The van der Waals surface area contributed by atoms with E-state index in [1.807, 2.05) is 0 Å². The molecule has 0 aromatic rings. The molecule has 0 rings (SSSR count). The lowest BCUT2D eigenvalue weighted by Gasteiger charge is -2.34. The minimum atomic E-state index is -0.428. The normalized spacial score (nSPS) is 14.0. The molecule has 0 unspecified atom stereocenters. The number of hydrogen-bond donors (Lipinski definition) is 3. The van der Waals surface area contributed by atoms with Crippen LogP contribution in [0, 0.1) is 5.41 Å². The topological polar surface area (TPSA) is 64.1 Å². The maximum absolute atomic E-state index is 5.46. The van der Waals surface area contributed by atoms with E-state index in [0.717, 1.165) is 6.42 Å². The van der Waals surface area contributed by atoms with E-state index < -0.39 is 6.29 Å². The standard InChI is InChI=1S/C9H23N3/c1-8(2,3)6-9(4,5)12-7(10)11/h7,12H,6,10-11H2,1-5H3.